The van der Waals surface area contributed by atoms with Gasteiger partial charge in [-0.1, -0.05) is 140 Å². The maximum absolute atomic E-state index is 6.67. The first-order chi connectivity index (χ1) is 16.6. The van der Waals surface area contributed by atoms with Crippen molar-refractivity contribution < 1.29 is 4.74 Å². The van der Waals surface area contributed by atoms with Gasteiger partial charge in [-0.3, -0.25) is 0 Å². The van der Waals surface area contributed by atoms with Crippen molar-refractivity contribution in [1.29, 1.82) is 0 Å². The molecule has 3 aromatic carbocycles. The van der Waals surface area contributed by atoms with E-state index in [-0.39, 0.29) is 10.8 Å². The summed E-state index contributed by atoms with van der Waals surface area (Å²) in [5.41, 5.74) is 8.23. The summed E-state index contributed by atoms with van der Waals surface area (Å²) >= 11 is 3.92. The fourth-order valence-electron chi connectivity index (χ4n) is 5.07. The number of hydrogen-bond donors (Lipinski definition) is 0. The molecule has 0 aliphatic carbocycles. The predicted octanol–water partition coefficient (Wildman–Crippen LogP) is 10.2. The highest BCUT2D eigenvalue weighted by molar-refractivity contribution is 9.10. The normalized spacial score (nSPS) is 13.1. The third-order valence-corrected chi connectivity index (χ3v) is 8.10. The molecule has 194 valence electrons. The van der Waals surface area contributed by atoms with Gasteiger partial charge >= 0.3 is 0 Å². The Balaban J connectivity index is 2.40. The van der Waals surface area contributed by atoms with E-state index in [9.17, 15) is 0 Å². The number of methoxy groups -OCH3 is 1. The van der Waals surface area contributed by atoms with Crippen LogP contribution in [-0.2, 0) is 21.2 Å². The molecule has 0 unspecified atom stereocenters. The maximum Gasteiger partial charge on any atom is 0.143 e. The van der Waals surface area contributed by atoms with Crippen molar-refractivity contribution in [2.24, 2.45) is 0 Å². The molecule has 0 aliphatic rings. The molecule has 36 heavy (non-hydrogen) atoms. The van der Waals surface area contributed by atoms with Crippen molar-refractivity contribution in [2.45, 2.75) is 97.5 Å². The first-order valence-corrected chi connectivity index (χ1v) is 14.0. The van der Waals surface area contributed by atoms with Crippen molar-refractivity contribution in [1.82, 2.24) is 0 Å². The van der Waals surface area contributed by atoms with Gasteiger partial charge in [0, 0.05) is 11.6 Å². The molecule has 0 heterocycles. The second kappa shape index (κ2) is 10.5. The van der Waals surface area contributed by atoms with Crippen LogP contribution < -0.4 is 0 Å². The minimum absolute atomic E-state index is 0.0909. The van der Waals surface area contributed by atoms with Gasteiger partial charge in [0.2, 0.25) is 0 Å². The SMILES string of the molecule is COC(c1ccc(C(C)(C)C)cc1)(c1ccc(C(C)(C)C)cc1)c1cc(Br)c(C(C)C)cc1C(C)C. The molecule has 3 rings (SSSR count). The summed E-state index contributed by atoms with van der Waals surface area (Å²) in [7, 11) is 1.85. The molecule has 0 aliphatic heterocycles. The Hall–Kier alpha value is -1.90. The fourth-order valence-corrected chi connectivity index (χ4v) is 5.87. The van der Waals surface area contributed by atoms with E-state index in [2.05, 4.69) is 146 Å². The zero-order chi connectivity index (χ0) is 27.1. The highest BCUT2D eigenvalue weighted by atomic mass is 79.9. The lowest BCUT2D eigenvalue weighted by Gasteiger charge is -2.38. The number of halogens is 1. The molecule has 2 heteroatoms. The Labute approximate surface area is 228 Å². The first kappa shape index (κ1) is 28.7. The van der Waals surface area contributed by atoms with Crippen molar-refractivity contribution >= 4 is 15.9 Å². The Morgan fingerprint density at radius 3 is 1.25 bits per heavy atom. The summed E-state index contributed by atoms with van der Waals surface area (Å²) in [6.07, 6.45) is 0. The lowest BCUT2D eigenvalue weighted by atomic mass is 9.74. The largest absolute Gasteiger partial charge is 0.364 e. The molecule has 1 nitrogen and oxygen atoms in total. The summed E-state index contributed by atoms with van der Waals surface area (Å²) in [5, 5.41) is 0. The molecule has 0 spiro atoms. The Morgan fingerprint density at radius 1 is 0.583 bits per heavy atom. The zero-order valence-electron chi connectivity index (χ0n) is 24.2. The smallest absolute Gasteiger partial charge is 0.143 e. The molecule has 0 saturated heterocycles. The van der Waals surface area contributed by atoms with Crippen molar-refractivity contribution in [3.63, 3.8) is 0 Å². The minimum atomic E-state index is -0.732. The average molecular weight is 550 g/mol. The van der Waals surface area contributed by atoms with Crippen LogP contribution in [0.15, 0.2) is 65.1 Å². The van der Waals surface area contributed by atoms with Gasteiger partial charge in [-0.2, -0.15) is 0 Å². The molecule has 0 aromatic heterocycles. The van der Waals surface area contributed by atoms with Gasteiger partial charge in [0.1, 0.15) is 5.60 Å². The van der Waals surface area contributed by atoms with Gasteiger partial charge in [-0.15, -0.1) is 0 Å². The quantitative estimate of drug-likeness (QED) is 0.278. The summed E-state index contributed by atoms with van der Waals surface area (Å²) in [5.74, 6) is 0.780. The van der Waals surface area contributed by atoms with Gasteiger partial charge in [-0.05, 0) is 67.7 Å². The molecule has 0 atom stereocenters. The monoisotopic (exact) mass is 548 g/mol. The van der Waals surface area contributed by atoms with E-state index in [0.717, 1.165) is 15.6 Å². The average Bonchev–Trinajstić information content (AvgIpc) is 2.79. The summed E-state index contributed by atoms with van der Waals surface area (Å²) in [4.78, 5) is 0. The molecule has 0 fully saturated rings. The minimum Gasteiger partial charge on any atom is -0.364 e. The predicted molar refractivity (Wildman–Crippen MR) is 159 cm³/mol. The van der Waals surface area contributed by atoms with Gasteiger partial charge in [-0.25, -0.2) is 0 Å². The number of hydrogen-bond acceptors (Lipinski definition) is 1. The molecule has 0 N–H and O–H groups in total. The topological polar surface area (TPSA) is 9.23 Å². The molecule has 3 aromatic rings. The Bertz CT molecular complexity index is 1110. The van der Waals surface area contributed by atoms with E-state index in [1.54, 1.807) is 0 Å². The number of rotatable bonds is 6. The van der Waals surface area contributed by atoms with Crippen LogP contribution in [0.4, 0.5) is 0 Å². The van der Waals surface area contributed by atoms with Gasteiger partial charge in [0.15, 0.2) is 0 Å². The zero-order valence-corrected chi connectivity index (χ0v) is 25.8. The lowest BCUT2D eigenvalue weighted by Crippen LogP contribution is -2.33. The third-order valence-electron chi connectivity index (χ3n) is 7.41. The molecular formula is C34H45BrO. The molecule has 0 bridgehead atoms. The summed E-state index contributed by atoms with van der Waals surface area (Å²) < 4.78 is 7.81. The summed E-state index contributed by atoms with van der Waals surface area (Å²) in [6, 6.07) is 22.8. The van der Waals surface area contributed by atoms with Gasteiger partial charge in [0.25, 0.3) is 0 Å². The van der Waals surface area contributed by atoms with E-state index in [1.165, 1.54) is 27.8 Å². The van der Waals surface area contributed by atoms with Crippen LogP contribution in [0.25, 0.3) is 0 Å². The summed E-state index contributed by atoms with van der Waals surface area (Å²) in [6.45, 7) is 22.6. The second-order valence-corrected chi connectivity index (χ2v) is 13.7. The molecule has 0 radical (unpaired) electrons. The fraction of sp³-hybridized carbons (Fsp3) is 0.471. The van der Waals surface area contributed by atoms with Crippen molar-refractivity contribution in [3.8, 4) is 0 Å². The van der Waals surface area contributed by atoms with Crippen LogP contribution in [0, 0.1) is 0 Å². The van der Waals surface area contributed by atoms with Gasteiger partial charge < -0.3 is 4.74 Å². The van der Waals surface area contributed by atoms with E-state index in [1.807, 2.05) is 7.11 Å². The van der Waals surface area contributed by atoms with Crippen molar-refractivity contribution in [2.75, 3.05) is 7.11 Å². The maximum atomic E-state index is 6.67. The van der Waals surface area contributed by atoms with E-state index < -0.39 is 5.60 Å². The first-order valence-electron chi connectivity index (χ1n) is 13.2. The Kier molecular flexibility index (Phi) is 8.33. The lowest BCUT2D eigenvalue weighted by molar-refractivity contribution is 0.0574. The van der Waals surface area contributed by atoms with Crippen LogP contribution in [0.1, 0.15) is 120 Å². The number of ether oxygens (including phenoxy) is 1. The van der Waals surface area contributed by atoms with Crippen LogP contribution >= 0.6 is 15.9 Å². The van der Waals surface area contributed by atoms with E-state index in [4.69, 9.17) is 4.74 Å². The van der Waals surface area contributed by atoms with Crippen LogP contribution in [0.3, 0.4) is 0 Å². The van der Waals surface area contributed by atoms with Crippen LogP contribution in [0.2, 0.25) is 0 Å². The number of benzene rings is 3. The van der Waals surface area contributed by atoms with Crippen LogP contribution in [0.5, 0.6) is 0 Å². The van der Waals surface area contributed by atoms with Crippen LogP contribution in [-0.4, -0.2) is 7.11 Å². The Morgan fingerprint density at radius 2 is 0.944 bits per heavy atom. The molecule has 0 saturated carbocycles. The highest BCUT2D eigenvalue weighted by Gasteiger charge is 2.40. The van der Waals surface area contributed by atoms with Gasteiger partial charge in [0.05, 0.1) is 0 Å². The molecule has 0 amide bonds. The second-order valence-electron chi connectivity index (χ2n) is 12.8. The molecular weight excluding hydrogens is 504 g/mol. The third kappa shape index (κ3) is 5.50. The van der Waals surface area contributed by atoms with E-state index in [0.29, 0.717) is 11.8 Å². The van der Waals surface area contributed by atoms with E-state index >= 15 is 0 Å². The standard InChI is InChI=1S/C34H45BrO/c1-22(2)28-20-29(23(3)4)31(35)21-30(28)34(36-11,26-16-12-24(13-17-26)32(5,6)7)27-18-14-25(15-19-27)33(8,9)10/h12-23H,1-11H3. The highest BCUT2D eigenvalue weighted by Crippen LogP contribution is 2.46. The van der Waals surface area contributed by atoms with Crippen molar-refractivity contribution in [3.05, 3.63) is 104 Å².